The van der Waals surface area contributed by atoms with E-state index in [1.54, 1.807) is 6.21 Å². The van der Waals surface area contributed by atoms with Gasteiger partial charge in [-0.1, -0.05) is 13.5 Å². The highest BCUT2D eigenvalue weighted by molar-refractivity contribution is 5.78. The molecule has 0 unspecified atom stereocenters. The fraction of sp³-hybridized carbons (Fsp3) is 0.286. The maximum atomic E-state index is 5.25. The van der Waals surface area contributed by atoms with Gasteiger partial charge in [-0.25, -0.2) is 4.99 Å². The lowest BCUT2D eigenvalue weighted by Gasteiger charge is -1.92. The first-order chi connectivity index (χ1) is 4.70. The molecule has 0 aromatic rings. The van der Waals surface area contributed by atoms with Crippen molar-refractivity contribution in [2.45, 2.75) is 13.3 Å². The molecule has 0 atom stereocenters. The van der Waals surface area contributed by atoms with Crippen LogP contribution in [-0.2, 0) is 0 Å². The first kappa shape index (κ1) is 8.75. The Morgan fingerprint density at radius 2 is 2.30 bits per heavy atom. The summed E-state index contributed by atoms with van der Waals surface area (Å²) in [6.45, 7) is 5.40. The lowest BCUT2D eigenvalue weighted by Crippen LogP contribution is -1.93. The maximum Gasteiger partial charge on any atom is 0.116 e. The normalized spacial score (nSPS) is 12.3. The molecule has 0 aliphatic carbocycles. The van der Waals surface area contributed by atoms with Crippen molar-refractivity contribution in [1.82, 2.24) is 0 Å². The van der Waals surface area contributed by atoms with E-state index in [0.717, 1.165) is 12.0 Å². The van der Waals surface area contributed by atoms with E-state index in [9.17, 15) is 0 Å². The fourth-order valence-electron chi connectivity index (χ4n) is 0.418. The van der Waals surface area contributed by atoms with Crippen molar-refractivity contribution in [2.75, 3.05) is 0 Å². The zero-order valence-corrected chi connectivity index (χ0v) is 6.17. The second kappa shape index (κ2) is 4.61. The number of nitrogens with zero attached hydrogens (tertiary/aromatic N) is 1. The second-order valence-corrected chi connectivity index (χ2v) is 1.84. The maximum absolute atomic E-state index is 5.25. The number of hydrogen-bond acceptors (Lipinski definition) is 3. The molecule has 0 heterocycles. The van der Waals surface area contributed by atoms with Gasteiger partial charge in [-0.2, -0.15) is 0 Å². The molecular weight excluding hydrogens is 126 g/mol. The molecule has 0 saturated heterocycles. The highest BCUT2D eigenvalue weighted by Gasteiger charge is 1.84. The second-order valence-electron chi connectivity index (χ2n) is 1.84. The van der Waals surface area contributed by atoms with Crippen LogP contribution in [0, 0.1) is 0 Å². The van der Waals surface area contributed by atoms with Gasteiger partial charge in [0, 0.05) is 6.21 Å². The molecule has 0 amide bonds. The summed E-state index contributed by atoms with van der Waals surface area (Å²) in [5.74, 6) is 0.299. The van der Waals surface area contributed by atoms with Gasteiger partial charge in [0.1, 0.15) is 5.82 Å². The van der Waals surface area contributed by atoms with Crippen LogP contribution in [0.1, 0.15) is 13.3 Å². The van der Waals surface area contributed by atoms with Gasteiger partial charge >= 0.3 is 0 Å². The summed E-state index contributed by atoms with van der Waals surface area (Å²) < 4.78 is 0. The Balaban J connectivity index is 3.98. The quantitative estimate of drug-likeness (QED) is 0.566. The lowest BCUT2D eigenvalue weighted by molar-refractivity contribution is 1.16. The predicted molar refractivity (Wildman–Crippen MR) is 44.4 cm³/mol. The Hall–Kier alpha value is -1.25. The molecule has 0 aliphatic heterocycles. The molecule has 0 spiro atoms. The highest BCUT2D eigenvalue weighted by atomic mass is 14.9. The van der Waals surface area contributed by atoms with Crippen LogP contribution in [0.5, 0.6) is 0 Å². The molecule has 0 fully saturated rings. The van der Waals surface area contributed by atoms with Gasteiger partial charge < -0.3 is 11.5 Å². The topological polar surface area (TPSA) is 64.4 Å². The Morgan fingerprint density at radius 1 is 1.70 bits per heavy atom. The van der Waals surface area contributed by atoms with Crippen molar-refractivity contribution in [3.05, 3.63) is 24.2 Å². The van der Waals surface area contributed by atoms with E-state index in [1.165, 1.54) is 6.20 Å². The summed E-state index contributed by atoms with van der Waals surface area (Å²) in [4.78, 5) is 3.78. The molecule has 0 aliphatic rings. The van der Waals surface area contributed by atoms with E-state index in [2.05, 4.69) is 11.6 Å². The van der Waals surface area contributed by atoms with Gasteiger partial charge in [-0.3, -0.25) is 0 Å². The van der Waals surface area contributed by atoms with E-state index >= 15 is 0 Å². The first-order valence-electron chi connectivity index (χ1n) is 3.10. The molecule has 10 heavy (non-hydrogen) atoms. The Bertz CT molecular complexity index is 168. The first-order valence-corrected chi connectivity index (χ1v) is 3.10. The number of nitrogens with two attached hydrogens (primary N) is 2. The zero-order chi connectivity index (χ0) is 7.98. The largest absolute Gasteiger partial charge is 0.404 e. The third-order valence-electron chi connectivity index (χ3n) is 1.02. The summed E-state index contributed by atoms with van der Waals surface area (Å²) in [6, 6.07) is 0. The predicted octanol–water partition coefficient (Wildman–Crippen LogP) is 0.740. The van der Waals surface area contributed by atoms with Gasteiger partial charge in [-0.05, 0) is 18.2 Å². The SMILES string of the molecule is C=C(N)N=C/C(=C\N)CC. The van der Waals surface area contributed by atoms with E-state index < -0.39 is 0 Å². The molecule has 0 rings (SSSR count). The van der Waals surface area contributed by atoms with Crippen LogP contribution < -0.4 is 11.5 Å². The Labute approximate surface area is 61.1 Å². The molecular formula is C7H13N3. The standard InChI is InChI=1S/C7H13N3/c1-3-7(4-8)5-10-6(2)9/h4-5H,2-3,8-9H2,1H3/b7-4-,10-5?. The zero-order valence-electron chi connectivity index (χ0n) is 6.17. The summed E-state index contributed by atoms with van der Waals surface area (Å²) in [7, 11) is 0. The van der Waals surface area contributed by atoms with Gasteiger partial charge in [-0.15, -0.1) is 0 Å². The lowest BCUT2D eigenvalue weighted by atomic mass is 10.2. The number of rotatable bonds is 3. The molecule has 0 aromatic carbocycles. The molecule has 0 aromatic heterocycles. The average molecular weight is 139 g/mol. The number of aliphatic imine (C=N–C) groups is 1. The van der Waals surface area contributed by atoms with Crippen LogP contribution >= 0.6 is 0 Å². The van der Waals surface area contributed by atoms with Crippen LogP contribution in [0.25, 0.3) is 0 Å². The van der Waals surface area contributed by atoms with Gasteiger partial charge in [0.05, 0.1) is 0 Å². The average Bonchev–Trinajstić information content (AvgIpc) is 1.90. The smallest absolute Gasteiger partial charge is 0.116 e. The molecule has 4 N–H and O–H groups in total. The summed E-state index contributed by atoms with van der Waals surface area (Å²) in [5.41, 5.74) is 11.4. The van der Waals surface area contributed by atoms with Crippen LogP contribution in [-0.4, -0.2) is 6.21 Å². The fourth-order valence-corrected chi connectivity index (χ4v) is 0.418. The minimum absolute atomic E-state index is 0.299. The van der Waals surface area contributed by atoms with E-state index in [-0.39, 0.29) is 0 Å². The number of hydrogen-bond donors (Lipinski definition) is 2. The van der Waals surface area contributed by atoms with Gasteiger partial charge in [0.15, 0.2) is 0 Å². The highest BCUT2D eigenvalue weighted by Crippen LogP contribution is 1.93. The molecule has 0 saturated carbocycles. The third kappa shape index (κ3) is 3.72. The third-order valence-corrected chi connectivity index (χ3v) is 1.02. The monoisotopic (exact) mass is 139 g/mol. The van der Waals surface area contributed by atoms with Gasteiger partial charge in [0.2, 0.25) is 0 Å². The minimum Gasteiger partial charge on any atom is -0.404 e. The number of allylic oxidation sites excluding steroid dienone is 1. The van der Waals surface area contributed by atoms with Crippen molar-refractivity contribution in [3.8, 4) is 0 Å². The molecule has 56 valence electrons. The van der Waals surface area contributed by atoms with Crippen LogP contribution in [0.2, 0.25) is 0 Å². The molecule has 0 bridgehead atoms. The van der Waals surface area contributed by atoms with Crippen molar-refractivity contribution in [2.24, 2.45) is 16.5 Å². The van der Waals surface area contributed by atoms with Crippen molar-refractivity contribution >= 4 is 6.21 Å². The van der Waals surface area contributed by atoms with Crippen LogP contribution in [0.4, 0.5) is 0 Å². The van der Waals surface area contributed by atoms with Crippen molar-refractivity contribution < 1.29 is 0 Å². The Morgan fingerprint density at radius 3 is 2.60 bits per heavy atom. The van der Waals surface area contributed by atoms with Crippen LogP contribution in [0.3, 0.4) is 0 Å². The Kier molecular flexibility index (Phi) is 4.04. The van der Waals surface area contributed by atoms with Crippen molar-refractivity contribution in [3.63, 3.8) is 0 Å². The van der Waals surface area contributed by atoms with E-state index in [4.69, 9.17) is 11.5 Å². The van der Waals surface area contributed by atoms with E-state index in [1.807, 2.05) is 6.92 Å². The van der Waals surface area contributed by atoms with Gasteiger partial charge in [0.25, 0.3) is 0 Å². The summed E-state index contributed by atoms with van der Waals surface area (Å²) >= 11 is 0. The van der Waals surface area contributed by atoms with E-state index in [0.29, 0.717) is 5.82 Å². The van der Waals surface area contributed by atoms with Crippen LogP contribution in [0.15, 0.2) is 29.2 Å². The molecule has 0 radical (unpaired) electrons. The summed E-state index contributed by atoms with van der Waals surface area (Å²) in [6.07, 6.45) is 3.97. The van der Waals surface area contributed by atoms with Crippen molar-refractivity contribution in [1.29, 1.82) is 0 Å². The summed E-state index contributed by atoms with van der Waals surface area (Å²) in [5, 5.41) is 0. The molecule has 3 heteroatoms. The molecule has 3 nitrogen and oxygen atoms in total. The minimum atomic E-state index is 0.299.